The average Bonchev–Trinajstić information content (AvgIpc) is 2.84. The SMILES string of the molecule is CC(C)N1CCC2(CN=C(N)N2CCN(C)C)C1. The topological polar surface area (TPSA) is 48.1 Å². The van der Waals surface area contributed by atoms with E-state index in [1.165, 1.54) is 13.0 Å². The Labute approximate surface area is 111 Å². The van der Waals surface area contributed by atoms with Crippen molar-refractivity contribution in [1.29, 1.82) is 0 Å². The molecule has 5 heteroatoms. The highest BCUT2D eigenvalue weighted by Gasteiger charge is 2.47. The van der Waals surface area contributed by atoms with E-state index in [0.29, 0.717) is 6.04 Å². The summed E-state index contributed by atoms with van der Waals surface area (Å²) in [4.78, 5) is 11.6. The van der Waals surface area contributed by atoms with Crippen LogP contribution in [0.4, 0.5) is 0 Å². The fourth-order valence-corrected chi connectivity index (χ4v) is 2.97. The van der Waals surface area contributed by atoms with Crippen molar-refractivity contribution in [2.45, 2.75) is 31.8 Å². The van der Waals surface area contributed by atoms with Crippen molar-refractivity contribution in [2.75, 3.05) is 46.8 Å². The minimum atomic E-state index is 0.171. The van der Waals surface area contributed by atoms with Crippen molar-refractivity contribution in [1.82, 2.24) is 14.7 Å². The molecule has 2 N–H and O–H groups in total. The molecule has 2 heterocycles. The second kappa shape index (κ2) is 5.05. The minimum absolute atomic E-state index is 0.171. The van der Waals surface area contributed by atoms with E-state index in [2.05, 4.69) is 47.6 Å². The van der Waals surface area contributed by atoms with Crippen LogP contribution in [0.5, 0.6) is 0 Å². The monoisotopic (exact) mass is 253 g/mol. The van der Waals surface area contributed by atoms with E-state index < -0.39 is 0 Å². The molecule has 0 amide bonds. The summed E-state index contributed by atoms with van der Waals surface area (Å²) in [5.41, 5.74) is 6.25. The number of rotatable bonds is 4. The molecule has 1 atom stereocenters. The van der Waals surface area contributed by atoms with E-state index in [9.17, 15) is 0 Å². The molecule has 2 rings (SSSR count). The van der Waals surface area contributed by atoms with E-state index in [1.807, 2.05) is 0 Å². The van der Waals surface area contributed by atoms with Crippen LogP contribution in [-0.2, 0) is 0 Å². The second-order valence-corrected chi connectivity index (χ2v) is 6.17. The molecule has 104 valence electrons. The van der Waals surface area contributed by atoms with Gasteiger partial charge in [-0.15, -0.1) is 0 Å². The zero-order valence-corrected chi connectivity index (χ0v) is 12.2. The Hall–Kier alpha value is -0.810. The first-order valence-corrected chi connectivity index (χ1v) is 6.91. The van der Waals surface area contributed by atoms with Crippen LogP contribution in [0.25, 0.3) is 0 Å². The number of guanidine groups is 1. The maximum atomic E-state index is 6.08. The third kappa shape index (κ3) is 2.47. The smallest absolute Gasteiger partial charge is 0.191 e. The van der Waals surface area contributed by atoms with Gasteiger partial charge in [0.05, 0.1) is 12.1 Å². The lowest BCUT2D eigenvalue weighted by Crippen LogP contribution is -2.55. The largest absolute Gasteiger partial charge is 0.370 e. The Morgan fingerprint density at radius 2 is 2.17 bits per heavy atom. The molecule has 0 saturated carbocycles. The number of hydrogen-bond donors (Lipinski definition) is 1. The lowest BCUT2D eigenvalue weighted by atomic mass is 9.97. The van der Waals surface area contributed by atoms with Crippen LogP contribution in [0.15, 0.2) is 4.99 Å². The van der Waals surface area contributed by atoms with Gasteiger partial charge >= 0.3 is 0 Å². The van der Waals surface area contributed by atoms with Crippen molar-refractivity contribution < 1.29 is 0 Å². The molecule has 0 bridgehead atoms. The van der Waals surface area contributed by atoms with Gasteiger partial charge in [0.2, 0.25) is 0 Å². The van der Waals surface area contributed by atoms with Gasteiger partial charge in [-0.05, 0) is 34.4 Å². The molecule has 1 saturated heterocycles. The van der Waals surface area contributed by atoms with Gasteiger partial charge in [0.1, 0.15) is 0 Å². The average molecular weight is 253 g/mol. The number of aliphatic imine (C=N–C) groups is 1. The molecule has 1 unspecified atom stereocenters. The van der Waals surface area contributed by atoms with E-state index >= 15 is 0 Å². The standard InChI is InChI=1S/C13H27N5/c1-11(2)17-6-5-13(10-17)9-15-12(14)18(13)8-7-16(3)4/h11H,5-10H2,1-4H3,(H2,14,15). The van der Waals surface area contributed by atoms with Crippen molar-refractivity contribution >= 4 is 5.96 Å². The number of nitrogens with zero attached hydrogens (tertiary/aromatic N) is 4. The Morgan fingerprint density at radius 1 is 1.44 bits per heavy atom. The van der Waals surface area contributed by atoms with Crippen molar-refractivity contribution in [3.05, 3.63) is 0 Å². The van der Waals surface area contributed by atoms with Crippen LogP contribution in [0.2, 0.25) is 0 Å². The predicted molar refractivity (Wildman–Crippen MR) is 75.8 cm³/mol. The third-order valence-electron chi connectivity index (χ3n) is 4.25. The van der Waals surface area contributed by atoms with Crippen molar-refractivity contribution in [3.63, 3.8) is 0 Å². The Morgan fingerprint density at radius 3 is 2.72 bits per heavy atom. The summed E-state index contributed by atoms with van der Waals surface area (Å²) in [6.45, 7) is 9.68. The molecule has 0 aromatic heterocycles. The van der Waals surface area contributed by atoms with E-state index in [0.717, 1.165) is 32.1 Å². The number of nitrogens with two attached hydrogens (primary N) is 1. The molecule has 0 aromatic carbocycles. The molecule has 0 aromatic rings. The lowest BCUT2D eigenvalue weighted by molar-refractivity contribution is 0.171. The van der Waals surface area contributed by atoms with E-state index in [1.54, 1.807) is 0 Å². The predicted octanol–water partition coefficient (Wildman–Crippen LogP) is 0.0312. The molecule has 2 aliphatic heterocycles. The first-order chi connectivity index (χ1) is 8.44. The maximum Gasteiger partial charge on any atom is 0.191 e. The van der Waals surface area contributed by atoms with Crippen LogP contribution in [0.3, 0.4) is 0 Å². The molecular weight excluding hydrogens is 226 g/mol. The van der Waals surface area contributed by atoms with E-state index in [4.69, 9.17) is 5.73 Å². The fraction of sp³-hybridized carbons (Fsp3) is 0.923. The van der Waals surface area contributed by atoms with Gasteiger partial charge in [-0.3, -0.25) is 9.89 Å². The third-order valence-corrected chi connectivity index (χ3v) is 4.25. The molecule has 5 nitrogen and oxygen atoms in total. The summed E-state index contributed by atoms with van der Waals surface area (Å²) in [5, 5.41) is 0. The highest BCUT2D eigenvalue weighted by atomic mass is 15.4. The van der Waals surface area contributed by atoms with Gasteiger partial charge in [0, 0.05) is 32.2 Å². The Balaban J connectivity index is 2.04. The van der Waals surface area contributed by atoms with Crippen LogP contribution >= 0.6 is 0 Å². The summed E-state index contributed by atoms with van der Waals surface area (Å²) in [6.07, 6.45) is 1.18. The van der Waals surface area contributed by atoms with Gasteiger partial charge in [0.15, 0.2) is 5.96 Å². The van der Waals surface area contributed by atoms with Crippen molar-refractivity contribution in [3.8, 4) is 0 Å². The van der Waals surface area contributed by atoms with Crippen LogP contribution < -0.4 is 5.73 Å². The molecule has 18 heavy (non-hydrogen) atoms. The molecule has 0 aliphatic carbocycles. The van der Waals surface area contributed by atoms with Gasteiger partial charge in [0.25, 0.3) is 0 Å². The van der Waals surface area contributed by atoms with Gasteiger partial charge < -0.3 is 15.5 Å². The van der Waals surface area contributed by atoms with Crippen molar-refractivity contribution in [2.24, 2.45) is 10.7 Å². The van der Waals surface area contributed by atoms with Crippen LogP contribution in [-0.4, -0.2) is 79.1 Å². The summed E-state index contributed by atoms with van der Waals surface area (Å²) in [5.74, 6) is 0.738. The van der Waals surface area contributed by atoms with Gasteiger partial charge in [-0.25, -0.2) is 0 Å². The maximum absolute atomic E-state index is 6.08. The molecule has 0 radical (unpaired) electrons. The highest BCUT2D eigenvalue weighted by molar-refractivity contribution is 5.81. The van der Waals surface area contributed by atoms with Crippen LogP contribution in [0, 0.1) is 0 Å². The van der Waals surface area contributed by atoms with Gasteiger partial charge in [-0.1, -0.05) is 0 Å². The Bertz CT molecular complexity index is 325. The zero-order valence-electron chi connectivity index (χ0n) is 12.2. The molecule has 1 fully saturated rings. The second-order valence-electron chi connectivity index (χ2n) is 6.17. The number of hydrogen-bond acceptors (Lipinski definition) is 5. The van der Waals surface area contributed by atoms with Crippen LogP contribution in [0.1, 0.15) is 20.3 Å². The zero-order chi connectivity index (χ0) is 13.3. The molecule has 1 spiro atoms. The normalized spacial score (nSPS) is 29.0. The Kier molecular flexibility index (Phi) is 3.82. The first-order valence-electron chi connectivity index (χ1n) is 6.91. The molecular formula is C13H27N5. The summed E-state index contributed by atoms with van der Waals surface area (Å²) < 4.78 is 0. The number of likely N-dealkylation sites (tertiary alicyclic amines) is 1. The van der Waals surface area contributed by atoms with E-state index in [-0.39, 0.29) is 5.54 Å². The summed E-state index contributed by atoms with van der Waals surface area (Å²) in [6, 6.07) is 0.613. The quantitative estimate of drug-likeness (QED) is 0.768. The molecule has 2 aliphatic rings. The lowest BCUT2D eigenvalue weighted by Gasteiger charge is -2.37. The highest BCUT2D eigenvalue weighted by Crippen LogP contribution is 2.32. The minimum Gasteiger partial charge on any atom is -0.370 e. The summed E-state index contributed by atoms with van der Waals surface area (Å²) >= 11 is 0. The summed E-state index contributed by atoms with van der Waals surface area (Å²) in [7, 11) is 4.20. The first kappa shape index (κ1) is 13.6. The van der Waals surface area contributed by atoms with Gasteiger partial charge in [-0.2, -0.15) is 0 Å². The fourth-order valence-electron chi connectivity index (χ4n) is 2.97. The number of likely N-dealkylation sites (N-methyl/N-ethyl adjacent to an activating group) is 1.